The second kappa shape index (κ2) is 6.09. The number of nitrogens with one attached hydrogen (secondary N) is 1. The lowest BCUT2D eigenvalue weighted by atomic mass is 10.2. The highest BCUT2D eigenvalue weighted by Crippen LogP contribution is 2.23. The molecule has 2 aromatic heterocycles. The molecule has 0 spiro atoms. The second-order valence-corrected chi connectivity index (χ2v) is 5.46. The van der Waals surface area contributed by atoms with E-state index in [0.29, 0.717) is 11.3 Å². The van der Waals surface area contributed by atoms with Crippen LogP contribution in [0.3, 0.4) is 0 Å². The van der Waals surface area contributed by atoms with Crippen LogP contribution < -0.4 is 10.2 Å². The molecule has 2 aromatic rings. The van der Waals surface area contributed by atoms with Gasteiger partial charge in [-0.05, 0) is 38.8 Å². The zero-order valence-electron chi connectivity index (χ0n) is 12.8. The maximum absolute atomic E-state index is 12.2. The van der Waals surface area contributed by atoms with E-state index in [-0.39, 0.29) is 5.91 Å². The van der Waals surface area contributed by atoms with E-state index in [4.69, 9.17) is 0 Å². The van der Waals surface area contributed by atoms with Crippen molar-refractivity contribution in [2.75, 3.05) is 23.3 Å². The van der Waals surface area contributed by atoms with Gasteiger partial charge in [-0.2, -0.15) is 0 Å². The minimum absolute atomic E-state index is 0.197. The van der Waals surface area contributed by atoms with Crippen LogP contribution in [0, 0.1) is 13.8 Å². The summed E-state index contributed by atoms with van der Waals surface area (Å²) in [5, 5.41) is 2.89. The normalized spacial score (nSPS) is 14.2. The van der Waals surface area contributed by atoms with Crippen molar-refractivity contribution in [2.45, 2.75) is 26.7 Å². The van der Waals surface area contributed by atoms with Gasteiger partial charge in [0.1, 0.15) is 0 Å². The predicted molar refractivity (Wildman–Crippen MR) is 85.1 cm³/mol. The van der Waals surface area contributed by atoms with Crippen molar-refractivity contribution in [2.24, 2.45) is 0 Å². The molecule has 1 saturated heterocycles. The van der Waals surface area contributed by atoms with E-state index in [1.165, 1.54) is 12.8 Å². The van der Waals surface area contributed by atoms with Crippen molar-refractivity contribution in [3.8, 4) is 0 Å². The molecule has 6 nitrogen and oxygen atoms in total. The SMILES string of the molecule is Cc1nc(N2CCCC2)nc(C)c1NC(=O)c1cccnc1. The smallest absolute Gasteiger partial charge is 0.257 e. The molecular weight excluding hydrogens is 278 g/mol. The van der Waals surface area contributed by atoms with E-state index < -0.39 is 0 Å². The number of amides is 1. The van der Waals surface area contributed by atoms with Crippen LogP contribution >= 0.6 is 0 Å². The molecule has 3 heterocycles. The van der Waals surface area contributed by atoms with Gasteiger partial charge in [0, 0.05) is 25.5 Å². The first-order valence-electron chi connectivity index (χ1n) is 7.47. The molecule has 1 fully saturated rings. The summed E-state index contributed by atoms with van der Waals surface area (Å²) in [6.45, 7) is 5.79. The second-order valence-electron chi connectivity index (χ2n) is 5.46. The Hall–Kier alpha value is -2.50. The topological polar surface area (TPSA) is 71.0 Å². The van der Waals surface area contributed by atoms with Gasteiger partial charge in [0.2, 0.25) is 5.95 Å². The summed E-state index contributed by atoms with van der Waals surface area (Å²) < 4.78 is 0. The summed E-state index contributed by atoms with van der Waals surface area (Å²) in [7, 11) is 0. The fourth-order valence-corrected chi connectivity index (χ4v) is 2.62. The minimum Gasteiger partial charge on any atom is -0.341 e. The standard InChI is InChI=1S/C16H19N5O/c1-11-14(20-15(22)13-6-5-7-17-10-13)12(2)19-16(18-11)21-8-3-4-9-21/h5-7,10H,3-4,8-9H2,1-2H3,(H,20,22). The van der Waals surface area contributed by atoms with Crippen LogP contribution in [0.5, 0.6) is 0 Å². The number of nitrogens with zero attached hydrogens (tertiary/aromatic N) is 4. The van der Waals surface area contributed by atoms with E-state index in [1.807, 2.05) is 13.8 Å². The van der Waals surface area contributed by atoms with Crippen LogP contribution in [0.4, 0.5) is 11.6 Å². The third kappa shape index (κ3) is 2.90. The van der Waals surface area contributed by atoms with E-state index in [9.17, 15) is 4.79 Å². The molecule has 0 radical (unpaired) electrons. The van der Waals surface area contributed by atoms with Crippen LogP contribution in [-0.4, -0.2) is 33.9 Å². The lowest BCUT2D eigenvalue weighted by Gasteiger charge is -2.18. The van der Waals surface area contributed by atoms with Gasteiger partial charge >= 0.3 is 0 Å². The number of rotatable bonds is 3. The van der Waals surface area contributed by atoms with E-state index in [0.717, 1.165) is 30.4 Å². The highest BCUT2D eigenvalue weighted by Gasteiger charge is 2.18. The monoisotopic (exact) mass is 297 g/mol. The molecule has 0 unspecified atom stereocenters. The maximum Gasteiger partial charge on any atom is 0.257 e. The highest BCUT2D eigenvalue weighted by molar-refractivity contribution is 6.04. The average Bonchev–Trinajstić information content (AvgIpc) is 3.06. The first kappa shape index (κ1) is 14.4. The highest BCUT2D eigenvalue weighted by atomic mass is 16.1. The van der Waals surface area contributed by atoms with Crippen molar-refractivity contribution >= 4 is 17.5 Å². The molecule has 0 saturated carbocycles. The van der Waals surface area contributed by atoms with Crippen molar-refractivity contribution < 1.29 is 4.79 Å². The lowest BCUT2D eigenvalue weighted by molar-refractivity contribution is 0.102. The number of hydrogen-bond donors (Lipinski definition) is 1. The van der Waals surface area contributed by atoms with Crippen molar-refractivity contribution in [1.29, 1.82) is 0 Å². The fourth-order valence-electron chi connectivity index (χ4n) is 2.62. The number of carbonyl (C=O) groups excluding carboxylic acids is 1. The molecule has 1 amide bonds. The van der Waals surface area contributed by atoms with Crippen LogP contribution in [-0.2, 0) is 0 Å². The zero-order chi connectivity index (χ0) is 15.5. The van der Waals surface area contributed by atoms with Gasteiger partial charge in [-0.3, -0.25) is 9.78 Å². The first-order valence-corrected chi connectivity index (χ1v) is 7.47. The van der Waals surface area contributed by atoms with Gasteiger partial charge < -0.3 is 10.2 Å². The number of aromatic nitrogens is 3. The summed E-state index contributed by atoms with van der Waals surface area (Å²) in [5.74, 6) is 0.559. The van der Waals surface area contributed by atoms with Gasteiger partial charge in [-0.15, -0.1) is 0 Å². The molecule has 0 aliphatic carbocycles. The Morgan fingerprint density at radius 3 is 2.45 bits per heavy atom. The lowest BCUT2D eigenvalue weighted by Crippen LogP contribution is -2.22. The van der Waals surface area contributed by atoms with Crippen LogP contribution in [0.15, 0.2) is 24.5 Å². The van der Waals surface area contributed by atoms with Crippen molar-refractivity contribution in [3.05, 3.63) is 41.5 Å². The largest absolute Gasteiger partial charge is 0.341 e. The summed E-state index contributed by atoms with van der Waals surface area (Å²) in [4.78, 5) is 27.5. The Morgan fingerprint density at radius 2 is 1.86 bits per heavy atom. The summed E-state index contributed by atoms with van der Waals surface area (Å²) in [6, 6.07) is 3.47. The Labute approximate surface area is 129 Å². The molecule has 6 heteroatoms. The third-order valence-corrected chi connectivity index (χ3v) is 3.81. The molecule has 0 atom stereocenters. The average molecular weight is 297 g/mol. The Kier molecular flexibility index (Phi) is 4.00. The molecule has 1 aliphatic heterocycles. The number of anilines is 2. The molecule has 1 aliphatic rings. The minimum atomic E-state index is -0.197. The van der Waals surface area contributed by atoms with E-state index in [2.05, 4.69) is 25.2 Å². The third-order valence-electron chi connectivity index (χ3n) is 3.81. The predicted octanol–water partition coefficient (Wildman–Crippen LogP) is 2.34. The fraction of sp³-hybridized carbons (Fsp3) is 0.375. The number of hydrogen-bond acceptors (Lipinski definition) is 5. The molecule has 22 heavy (non-hydrogen) atoms. The molecule has 0 bridgehead atoms. The quantitative estimate of drug-likeness (QED) is 0.941. The Morgan fingerprint density at radius 1 is 1.18 bits per heavy atom. The molecular formula is C16H19N5O. The summed E-state index contributed by atoms with van der Waals surface area (Å²) in [5.41, 5.74) is 2.76. The van der Waals surface area contributed by atoms with Gasteiger partial charge in [0.25, 0.3) is 5.91 Å². The first-order chi connectivity index (χ1) is 10.6. The van der Waals surface area contributed by atoms with Gasteiger partial charge in [0.05, 0.1) is 22.6 Å². The maximum atomic E-state index is 12.2. The Balaban J connectivity index is 1.83. The van der Waals surface area contributed by atoms with Crippen LogP contribution in [0.25, 0.3) is 0 Å². The van der Waals surface area contributed by atoms with Gasteiger partial charge in [-0.25, -0.2) is 9.97 Å². The van der Waals surface area contributed by atoms with Crippen molar-refractivity contribution in [1.82, 2.24) is 15.0 Å². The molecule has 3 rings (SSSR count). The summed E-state index contributed by atoms with van der Waals surface area (Å²) in [6.07, 6.45) is 5.54. The number of pyridine rings is 1. The van der Waals surface area contributed by atoms with Crippen LogP contribution in [0.1, 0.15) is 34.6 Å². The number of carbonyl (C=O) groups is 1. The van der Waals surface area contributed by atoms with Crippen molar-refractivity contribution in [3.63, 3.8) is 0 Å². The van der Waals surface area contributed by atoms with Crippen LogP contribution in [0.2, 0.25) is 0 Å². The van der Waals surface area contributed by atoms with Gasteiger partial charge in [-0.1, -0.05) is 0 Å². The Bertz CT molecular complexity index is 657. The number of aryl methyl sites for hydroxylation is 2. The zero-order valence-corrected chi connectivity index (χ0v) is 12.8. The summed E-state index contributed by atoms with van der Waals surface area (Å²) >= 11 is 0. The molecule has 0 aromatic carbocycles. The molecule has 1 N–H and O–H groups in total. The van der Waals surface area contributed by atoms with E-state index >= 15 is 0 Å². The molecule has 114 valence electrons. The van der Waals surface area contributed by atoms with Gasteiger partial charge in [0.15, 0.2) is 0 Å². The van der Waals surface area contributed by atoms with E-state index in [1.54, 1.807) is 24.5 Å².